The molecule has 0 aliphatic heterocycles. The second-order valence-electron chi connectivity index (χ2n) is 6.35. The van der Waals surface area contributed by atoms with Gasteiger partial charge in [0.05, 0.1) is 0 Å². The zero-order valence-electron chi connectivity index (χ0n) is 12.0. The van der Waals surface area contributed by atoms with Crippen LogP contribution in [0.2, 0.25) is 0 Å². The molecule has 2 heteroatoms. The highest BCUT2D eigenvalue weighted by Crippen LogP contribution is 2.41. The molecular formula is C16H27NS. The third kappa shape index (κ3) is 3.83. The van der Waals surface area contributed by atoms with Crippen LogP contribution in [0, 0.1) is 17.8 Å². The van der Waals surface area contributed by atoms with Crippen molar-refractivity contribution in [1.82, 2.24) is 5.32 Å². The van der Waals surface area contributed by atoms with Gasteiger partial charge in [-0.25, -0.2) is 0 Å². The van der Waals surface area contributed by atoms with E-state index in [1.54, 1.807) is 4.88 Å². The Kier molecular flexibility index (Phi) is 5.25. The first-order valence-corrected chi connectivity index (χ1v) is 8.29. The predicted octanol–water partition coefficient (Wildman–Crippen LogP) is 4.51. The van der Waals surface area contributed by atoms with E-state index in [4.69, 9.17) is 0 Å². The van der Waals surface area contributed by atoms with Crippen molar-refractivity contribution in [2.75, 3.05) is 13.1 Å². The molecule has 1 aromatic rings. The van der Waals surface area contributed by atoms with Gasteiger partial charge >= 0.3 is 0 Å². The van der Waals surface area contributed by atoms with Crippen molar-refractivity contribution in [3.63, 3.8) is 0 Å². The standard InChI is InChI=1S/C16H27NS/c1-12(2)10-17-11-14-7-6-13(3)9-15(14)16-5-4-8-18-16/h4-5,8,12-15,17H,6-7,9-11H2,1-3H3. The van der Waals surface area contributed by atoms with Crippen LogP contribution in [0.15, 0.2) is 17.5 Å². The third-order valence-electron chi connectivity index (χ3n) is 4.12. The van der Waals surface area contributed by atoms with Crippen LogP contribution in [0.1, 0.15) is 50.8 Å². The van der Waals surface area contributed by atoms with Crippen LogP contribution in [0.4, 0.5) is 0 Å². The minimum Gasteiger partial charge on any atom is -0.316 e. The molecule has 1 fully saturated rings. The fraction of sp³-hybridized carbons (Fsp3) is 0.750. The molecule has 1 saturated carbocycles. The Morgan fingerprint density at radius 3 is 2.89 bits per heavy atom. The Morgan fingerprint density at radius 2 is 2.22 bits per heavy atom. The molecule has 1 heterocycles. The highest BCUT2D eigenvalue weighted by Gasteiger charge is 2.30. The fourth-order valence-corrected chi connectivity index (χ4v) is 4.03. The van der Waals surface area contributed by atoms with Gasteiger partial charge in [0.1, 0.15) is 0 Å². The molecule has 1 aliphatic rings. The van der Waals surface area contributed by atoms with Crippen molar-refractivity contribution in [3.8, 4) is 0 Å². The summed E-state index contributed by atoms with van der Waals surface area (Å²) in [6.45, 7) is 9.34. The largest absolute Gasteiger partial charge is 0.316 e. The smallest absolute Gasteiger partial charge is 0.00795 e. The molecule has 1 aliphatic carbocycles. The molecule has 1 aromatic heterocycles. The molecule has 102 valence electrons. The monoisotopic (exact) mass is 265 g/mol. The van der Waals surface area contributed by atoms with Gasteiger partial charge in [-0.3, -0.25) is 0 Å². The van der Waals surface area contributed by atoms with Gasteiger partial charge in [0, 0.05) is 4.88 Å². The molecule has 3 atom stereocenters. The van der Waals surface area contributed by atoms with Crippen LogP contribution in [-0.2, 0) is 0 Å². The normalized spacial score (nSPS) is 28.8. The first kappa shape index (κ1) is 14.1. The van der Waals surface area contributed by atoms with Crippen molar-refractivity contribution in [2.45, 2.75) is 46.0 Å². The average Bonchev–Trinajstić information content (AvgIpc) is 2.84. The maximum absolute atomic E-state index is 3.67. The third-order valence-corrected chi connectivity index (χ3v) is 5.13. The summed E-state index contributed by atoms with van der Waals surface area (Å²) in [7, 11) is 0. The summed E-state index contributed by atoms with van der Waals surface area (Å²) in [5, 5.41) is 5.90. The molecule has 2 rings (SSSR count). The van der Waals surface area contributed by atoms with E-state index in [1.165, 1.54) is 25.8 Å². The van der Waals surface area contributed by atoms with Gasteiger partial charge in [-0.15, -0.1) is 11.3 Å². The number of hydrogen-bond donors (Lipinski definition) is 1. The lowest BCUT2D eigenvalue weighted by atomic mass is 9.74. The SMILES string of the molecule is CC(C)CNCC1CCC(C)CC1c1cccs1. The highest BCUT2D eigenvalue weighted by molar-refractivity contribution is 7.10. The van der Waals surface area contributed by atoms with Crippen LogP contribution in [-0.4, -0.2) is 13.1 Å². The van der Waals surface area contributed by atoms with Gasteiger partial charge in [0.2, 0.25) is 0 Å². The minimum absolute atomic E-state index is 0.757. The Balaban J connectivity index is 1.93. The summed E-state index contributed by atoms with van der Waals surface area (Å²) >= 11 is 1.95. The predicted molar refractivity (Wildman–Crippen MR) is 81.3 cm³/mol. The molecule has 0 aromatic carbocycles. The molecule has 18 heavy (non-hydrogen) atoms. The summed E-state index contributed by atoms with van der Waals surface area (Å²) in [6, 6.07) is 4.54. The second kappa shape index (κ2) is 6.72. The summed E-state index contributed by atoms with van der Waals surface area (Å²) in [5.74, 6) is 3.30. The molecule has 1 N–H and O–H groups in total. The van der Waals surface area contributed by atoms with Crippen molar-refractivity contribution >= 4 is 11.3 Å². The molecule has 0 radical (unpaired) electrons. The van der Waals surface area contributed by atoms with Crippen molar-refractivity contribution in [2.24, 2.45) is 17.8 Å². The van der Waals surface area contributed by atoms with Crippen LogP contribution in [0.3, 0.4) is 0 Å². The minimum atomic E-state index is 0.757. The fourth-order valence-electron chi connectivity index (χ4n) is 3.10. The zero-order chi connectivity index (χ0) is 13.0. The van der Waals surface area contributed by atoms with E-state index in [9.17, 15) is 0 Å². The number of hydrogen-bond acceptors (Lipinski definition) is 2. The van der Waals surface area contributed by atoms with Gasteiger partial charge in [-0.1, -0.05) is 33.3 Å². The molecule has 0 spiro atoms. The van der Waals surface area contributed by atoms with Gasteiger partial charge in [-0.2, -0.15) is 0 Å². The van der Waals surface area contributed by atoms with E-state index < -0.39 is 0 Å². The van der Waals surface area contributed by atoms with Gasteiger partial charge in [0.15, 0.2) is 0 Å². The number of thiophene rings is 1. The van der Waals surface area contributed by atoms with Crippen LogP contribution >= 0.6 is 11.3 Å². The lowest BCUT2D eigenvalue weighted by Gasteiger charge is -2.34. The summed E-state index contributed by atoms with van der Waals surface area (Å²) < 4.78 is 0. The molecule has 1 nitrogen and oxygen atoms in total. The summed E-state index contributed by atoms with van der Waals surface area (Å²) in [6.07, 6.45) is 4.19. The van der Waals surface area contributed by atoms with E-state index in [1.807, 2.05) is 11.3 Å². The van der Waals surface area contributed by atoms with Gasteiger partial charge in [0.25, 0.3) is 0 Å². The summed E-state index contributed by atoms with van der Waals surface area (Å²) in [4.78, 5) is 1.61. The lowest BCUT2D eigenvalue weighted by Crippen LogP contribution is -2.32. The summed E-state index contributed by atoms with van der Waals surface area (Å²) in [5.41, 5.74) is 0. The van der Waals surface area contributed by atoms with E-state index in [0.29, 0.717) is 0 Å². The molecule has 0 saturated heterocycles. The van der Waals surface area contributed by atoms with Gasteiger partial charge in [-0.05, 0) is 61.0 Å². The van der Waals surface area contributed by atoms with Gasteiger partial charge < -0.3 is 5.32 Å². The van der Waals surface area contributed by atoms with E-state index in [0.717, 1.165) is 30.2 Å². The van der Waals surface area contributed by atoms with E-state index in [2.05, 4.69) is 43.6 Å². The Hall–Kier alpha value is -0.340. The lowest BCUT2D eigenvalue weighted by molar-refractivity contribution is 0.242. The molecular weight excluding hydrogens is 238 g/mol. The van der Waals surface area contributed by atoms with Crippen molar-refractivity contribution in [1.29, 1.82) is 0 Å². The molecule has 0 bridgehead atoms. The van der Waals surface area contributed by atoms with Crippen LogP contribution in [0.5, 0.6) is 0 Å². The maximum Gasteiger partial charge on any atom is 0.00795 e. The Morgan fingerprint density at radius 1 is 1.39 bits per heavy atom. The van der Waals surface area contributed by atoms with Crippen LogP contribution < -0.4 is 5.32 Å². The average molecular weight is 265 g/mol. The van der Waals surface area contributed by atoms with Crippen LogP contribution in [0.25, 0.3) is 0 Å². The van der Waals surface area contributed by atoms with E-state index in [-0.39, 0.29) is 0 Å². The topological polar surface area (TPSA) is 12.0 Å². The number of nitrogens with one attached hydrogen (secondary N) is 1. The maximum atomic E-state index is 3.67. The first-order chi connectivity index (χ1) is 8.66. The molecule has 3 unspecified atom stereocenters. The molecule has 0 amide bonds. The van der Waals surface area contributed by atoms with E-state index >= 15 is 0 Å². The highest BCUT2D eigenvalue weighted by atomic mass is 32.1. The Labute approximate surface area is 116 Å². The van der Waals surface area contributed by atoms with Crippen molar-refractivity contribution < 1.29 is 0 Å². The second-order valence-corrected chi connectivity index (χ2v) is 7.33. The zero-order valence-corrected chi connectivity index (χ0v) is 12.8. The quantitative estimate of drug-likeness (QED) is 0.825. The Bertz CT molecular complexity index is 331. The van der Waals surface area contributed by atoms with Crippen molar-refractivity contribution in [3.05, 3.63) is 22.4 Å². The first-order valence-electron chi connectivity index (χ1n) is 7.41. The number of rotatable bonds is 5.